The minimum absolute atomic E-state index is 0.516. The Bertz CT molecular complexity index is 598. The number of nitrogens with two attached hydrogens (primary N) is 1. The fourth-order valence-corrected chi connectivity index (χ4v) is 4.31. The Labute approximate surface area is 115 Å². The van der Waals surface area contributed by atoms with Crippen molar-refractivity contribution >= 4 is 33.3 Å². The van der Waals surface area contributed by atoms with Crippen LogP contribution in [0.5, 0.6) is 0 Å². The molecule has 2 aromatic rings. The second kappa shape index (κ2) is 4.31. The first-order valence-corrected chi connectivity index (χ1v) is 7.70. The second-order valence-electron chi connectivity index (χ2n) is 5.51. The van der Waals surface area contributed by atoms with Crippen molar-refractivity contribution in [3.05, 3.63) is 11.4 Å². The van der Waals surface area contributed by atoms with E-state index in [9.17, 15) is 0 Å². The lowest BCUT2D eigenvalue weighted by Gasteiger charge is -2.19. The Hall–Kier alpha value is -1.40. The number of fused-ring (bicyclic) bond motifs is 2. The number of hydrogen-bond acceptors (Lipinski definition) is 6. The number of rotatable bonds is 2. The van der Waals surface area contributed by atoms with E-state index in [-0.39, 0.29) is 0 Å². The third-order valence-corrected chi connectivity index (χ3v) is 5.27. The van der Waals surface area contributed by atoms with Gasteiger partial charge >= 0.3 is 0 Å². The molecule has 2 unspecified atom stereocenters. The smallest absolute Gasteiger partial charge is 0.240 e. The largest absolute Gasteiger partial charge is 0.355 e. The van der Waals surface area contributed by atoms with E-state index in [0.29, 0.717) is 5.95 Å². The van der Waals surface area contributed by atoms with Crippen LogP contribution in [0.15, 0.2) is 11.4 Å². The van der Waals surface area contributed by atoms with Crippen molar-refractivity contribution in [1.29, 1.82) is 0 Å². The summed E-state index contributed by atoms with van der Waals surface area (Å²) in [5.74, 6) is 8.76. The van der Waals surface area contributed by atoms with Crippen LogP contribution in [-0.2, 0) is 0 Å². The second-order valence-corrected chi connectivity index (χ2v) is 6.41. The average molecular weight is 275 g/mol. The monoisotopic (exact) mass is 275 g/mol. The van der Waals surface area contributed by atoms with E-state index in [1.54, 1.807) is 11.3 Å². The van der Waals surface area contributed by atoms with E-state index in [1.165, 1.54) is 19.3 Å². The van der Waals surface area contributed by atoms with Gasteiger partial charge in [0, 0.05) is 13.1 Å². The highest BCUT2D eigenvalue weighted by molar-refractivity contribution is 7.16. The molecule has 5 nitrogen and oxygen atoms in total. The van der Waals surface area contributed by atoms with Crippen LogP contribution in [0.1, 0.15) is 19.3 Å². The SMILES string of the molecule is NNc1nc(N2CC3CCCC3C2)c2ccsc2n1. The molecule has 0 aromatic carbocycles. The third kappa shape index (κ3) is 1.78. The van der Waals surface area contributed by atoms with Gasteiger partial charge in [-0.05, 0) is 36.1 Å². The molecule has 2 fully saturated rings. The summed E-state index contributed by atoms with van der Waals surface area (Å²) in [5.41, 5.74) is 2.58. The highest BCUT2D eigenvalue weighted by atomic mass is 32.1. The van der Waals surface area contributed by atoms with E-state index in [4.69, 9.17) is 5.84 Å². The molecule has 3 heterocycles. The maximum absolute atomic E-state index is 5.48. The molecule has 4 rings (SSSR count). The van der Waals surface area contributed by atoms with E-state index >= 15 is 0 Å². The molecule has 0 amide bonds. The Morgan fingerprint density at radius 2 is 2.05 bits per heavy atom. The molecule has 2 atom stereocenters. The maximum Gasteiger partial charge on any atom is 0.240 e. The minimum Gasteiger partial charge on any atom is -0.355 e. The zero-order valence-electron chi connectivity index (χ0n) is 10.7. The fraction of sp³-hybridized carbons (Fsp3) is 0.538. The van der Waals surface area contributed by atoms with Crippen molar-refractivity contribution in [3.63, 3.8) is 0 Å². The number of anilines is 2. The molecule has 2 aliphatic rings. The van der Waals surface area contributed by atoms with Crippen LogP contribution in [0.25, 0.3) is 10.2 Å². The summed E-state index contributed by atoms with van der Waals surface area (Å²) < 4.78 is 0. The summed E-state index contributed by atoms with van der Waals surface area (Å²) in [6.45, 7) is 2.27. The van der Waals surface area contributed by atoms with Crippen molar-refractivity contribution < 1.29 is 0 Å². The van der Waals surface area contributed by atoms with Gasteiger partial charge in [-0.2, -0.15) is 4.98 Å². The predicted molar refractivity (Wildman–Crippen MR) is 78.3 cm³/mol. The molecule has 2 aromatic heterocycles. The normalized spacial score (nSPS) is 26.1. The number of hydrazine groups is 1. The third-order valence-electron chi connectivity index (χ3n) is 4.46. The highest BCUT2D eigenvalue weighted by Gasteiger charge is 2.37. The van der Waals surface area contributed by atoms with Gasteiger partial charge in [0.15, 0.2) is 0 Å². The number of nitrogens with one attached hydrogen (secondary N) is 1. The summed E-state index contributed by atoms with van der Waals surface area (Å²) in [6.07, 6.45) is 4.15. The summed E-state index contributed by atoms with van der Waals surface area (Å²) in [7, 11) is 0. The molecule has 1 saturated carbocycles. The van der Waals surface area contributed by atoms with Gasteiger partial charge in [0.05, 0.1) is 5.39 Å². The number of nitrogens with zero attached hydrogens (tertiary/aromatic N) is 3. The molecule has 19 heavy (non-hydrogen) atoms. The van der Waals surface area contributed by atoms with Crippen LogP contribution in [-0.4, -0.2) is 23.1 Å². The molecule has 3 N–H and O–H groups in total. The van der Waals surface area contributed by atoms with Crippen molar-refractivity contribution in [3.8, 4) is 0 Å². The Morgan fingerprint density at radius 1 is 1.26 bits per heavy atom. The first-order chi connectivity index (χ1) is 9.35. The predicted octanol–water partition coefficient (Wildman–Crippen LogP) is 2.21. The summed E-state index contributed by atoms with van der Waals surface area (Å²) in [6, 6.07) is 2.11. The highest BCUT2D eigenvalue weighted by Crippen LogP contribution is 2.41. The average Bonchev–Trinajstić information content (AvgIpc) is 3.11. The van der Waals surface area contributed by atoms with Crippen LogP contribution in [0.2, 0.25) is 0 Å². The van der Waals surface area contributed by atoms with Crippen molar-refractivity contribution in [2.45, 2.75) is 19.3 Å². The van der Waals surface area contributed by atoms with Crippen LogP contribution in [0, 0.1) is 11.8 Å². The molecule has 0 bridgehead atoms. The van der Waals surface area contributed by atoms with Crippen LogP contribution >= 0.6 is 11.3 Å². The fourth-order valence-electron chi connectivity index (χ4n) is 3.55. The lowest BCUT2D eigenvalue weighted by molar-refractivity contribution is 0.494. The van der Waals surface area contributed by atoms with Crippen molar-refractivity contribution in [2.24, 2.45) is 17.7 Å². The molecule has 0 spiro atoms. The minimum atomic E-state index is 0.516. The van der Waals surface area contributed by atoms with Gasteiger partial charge in [0.2, 0.25) is 5.95 Å². The quantitative estimate of drug-likeness (QED) is 0.650. The molecule has 1 aliphatic carbocycles. The van der Waals surface area contributed by atoms with Crippen molar-refractivity contribution in [1.82, 2.24) is 9.97 Å². The number of hydrogen-bond donors (Lipinski definition) is 2. The molecular formula is C13H17N5S. The molecule has 6 heteroatoms. The van der Waals surface area contributed by atoms with Gasteiger partial charge in [-0.25, -0.2) is 10.8 Å². The van der Waals surface area contributed by atoms with E-state index in [1.807, 2.05) is 0 Å². The van der Waals surface area contributed by atoms with Gasteiger partial charge in [0.1, 0.15) is 10.6 Å². The van der Waals surface area contributed by atoms with Crippen LogP contribution in [0.3, 0.4) is 0 Å². The van der Waals surface area contributed by atoms with Gasteiger partial charge in [-0.15, -0.1) is 11.3 Å². The first-order valence-electron chi connectivity index (χ1n) is 6.82. The lowest BCUT2D eigenvalue weighted by atomic mass is 10.0. The number of nitrogen functional groups attached to an aromatic ring is 1. The van der Waals surface area contributed by atoms with Crippen LogP contribution < -0.4 is 16.2 Å². The van der Waals surface area contributed by atoms with E-state index in [2.05, 4.69) is 31.7 Å². The number of aromatic nitrogens is 2. The molecule has 1 aliphatic heterocycles. The van der Waals surface area contributed by atoms with Gasteiger partial charge in [0.25, 0.3) is 0 Å². The van der Waals surface area contributed by atoms with Crippen molar-refractivity contribution in [2.75, 3.05) is 23.4 Å². The molecule has 1 saturated heterocycles. The zero-order chi connectivity index (χ0) is 12.8. The summed E-state index contributed by atoms with van der Waals surface area (Å²) >= 11 is 1.64. The topological polar surface area (TPSA) is 67.1 Å². The maximum atomic E-state index is 5.48. The Morgan fingerprint density at radius 3 is 2.79 bits per heavy atom. The number of thiophene rings is 1. The summed E-state index contributed by atoms with van der Waals surface area (Å²) in [4.78, 5) is 12.4. The lowest BCUT2D eigenvalue weighted by Crippen LogP contribution is -2.23. The van der Waals surface area contributed by atoms with Crippen LogP contribution in [0.4, 0.5) is 11.8 Å². The molecule has 0 radical (unpaired) electrons. The first kappa shape index (κ1) is 11.4. The zero-order valence-corrected chi connectivity index (χ0v) is 11.5. The van der Waals surface area contributed by atoms with E-state index in [0.717, 1.165) is 41.0 Å². The molecular weight excluding hydrogens is 258 g/mol. The molecule has 100 valence electrons. The van der Waals surface area contributed by atoms with Gasteiger partial charge in [-0.1, -0.05) is 6.42 Å². The van der Waals surface area contributed by atoms with Gasteiger partial charge in [-0.3, -0.25) is 5.43 Å². The Balaban J connectivity index is 1.75. The van der Waals surface area contributed by atoms with Gasteiger partial charge < -0.3 is 4.90 Å². The standard InChI is InChI=1S/C13H17N5S/c14-17-13-15-11(10-4-5-19-12(10)16-13)18-6-8-2-1-3-9(8)7-18/h4-5,8-9H,1-3,6-7,14H2,(H,15,16,17). The summed E-state index contributed by atoms with van der Waals surface area (Å²) in [5, 5.41) is 3.23. The Kier molecular flexibility index (Phi) is 2.60. The van der Waals surface area contributed by atoms with E-state index < -0.39 is 0 Å².